The van der Waals surface area contributed by atoms with Gasteiger partial charge in [-0.05, 0) is 31.0 Å². The summed E-state index contributed by atoms with van der Waals surface area (Å²) in [5.41, 5.74) is 0.133. The van der Waals surface area contributed by atoms with Crippen LogP contribution >= 0.6 is 0 Å². The second-order valence-electron chi connectivity index (χ2n) is 4.89. The highest BCUT2D eigenvalue weighted by Gasteiger charge is 2.32. The Labute approximate surface area is 119 Å². The summed E-state index contributed by atoms with van der Waals surface area (Å²) in [6.45, 7) is 0.757. The van der Waals surface area contributed by atoms with Gasteiger partial charge in [-0.3, -0.25) is 0 Å². The molecule has 0 aliphatic carbocycles. The lowest BCUT2D eigenvalue weighted by Gasteiger charge is -2.25. The molecule has 2 aromatic heterocycles. The molecule has 0 bridgehead atoms. The SMILES string of the molecule is FC(F)(F)c1ccc(N2CCC[C@@H]2c2ccncn2)nc1. The highest BCUT2D eigenvalue weighted by molar-refractivity contribution is 5.43. The largest absolute Gasteiger partial charge is 0.417 e. The molecule has 21 heavy (non-hydrogen) atoms. The van der Waals surface area contributed by atoms with E-state index in [1.165, 1.54) is 12.4 Å². The third-order valence-electron chi connectivity index (χ3n) is 3.57. The van der Waals surface area contributed by atoms with Gasteiger partial charge in [0.05, 0.1) is 17.3 Å². The minimum absolute atomic E-state index is 0.0391. The van der Waals surface area contributed by atoms with Gasteiger partial charge in [0.15, 0.2) is 0 Å². The second-order valence-corrected chi connectivity index (χ2v) is 4.89. The third-order valence-corrected chi connectivity index (χ3v) is 3.57. The molecule has 1 atom stereocenters. The summed E-state index contributed by atoms with van der Waals surface area (Å²) in [4.78, 5) is 14.1. The van der Waals surface area contributed by atoms with Crippen molar-refractivity contribution in [1.29, 1.82) is 0 Å². The summed E-state index contributed by atoms with van der Waals surface area (Å²) >= 11 is 0. The molecule has 0 aromatic carbocycles. The molecule has 0 saturated carbocycles. The fraction of sp³-hybridized carbons (Fsp3) is 0.357. The summed E-state index contributed by atoms with van der Waals surface area (Å²) in [7, 11) is 0. The number of hydrogen-bond donors (Lipinski definition) is 0. The quantitative estimate of drug-likeness (QED) is 0.852. The highest BCUT2D eigenvalue weighted by atomic mass is 19.4. The zero-order chi connectivity index (χ0) is 14.9. The summed E-state index contributed by atoms with van der Waals surface area (Å²) in [5, 5.41) is 0. The van der Waals surface area contributed by atoms with E-state index >= 15 is 0 Å². The maximum absolute atomic E-state index is 12.6. The Balaban J connectivity index is 1.86. The fourth-order valence-corrected chi connectivity index (χ4v) is 2.57. The van der Waals surface area contributed by atoms with Gasteiger partial charge in [0.2, 0.25) is 0 Å². The van der Waals surface area contributed by atoms with Crippen LogP contribution in [0.3, 0.4) is 0 Å². The number of alkyl halides is 3. The second kappa shape index (κ2) is 5.31. The molecule has 0 unspecified atom stereocenters. The molecule has 2 aromatic rings. The Kier molecular flexibility index (Phi) is 3.48. The standard InChI is InChI=1S/C14H13F3N4/c15-14(16,17)10-3-4-13(19-8-10)21-7-1-2-12(21)11-5-6-18-9-20-11/h3-6,8-9,12H,1-2,7H2/t12-/m1/s1. The van der Waals surface area contributed by atoms with Crippen LogP contribution in [-0.2, 0) is 6.18 Å². The van der Waals surface area contributed by atoms with Crippen LogP contribution in [0, 0.1) is 0 Å². The molecule has 1 aliphatic rings. The van der Waals surface area contributed by atoms with E-state index in [0.717, 1.165) is 37.3 Å². The van der Waals surface area contributed by atoms with Crippen molar-refractivity contribution in [3.8, 4) is 0 Å². The van der Waals surface area contributed by atoms with Gasteiger partial charge in [0, 0.05) is 18.9 Å². The molecule has 1 aliphatic heterocycles. The molecule has 1 saturated heterocycles. The molecule has 0 N–H and O–H groups in total. The average molecular weight is 294 g/mol. The van der Waals surface area contributed by atoms with Crippen molar-refractivity contribution in [3.63, 3.8) is 0 Å². The first-order valence-electron chi connectivity index (χ1n) is 6.61. The van der Waals surface area contributed by atoms with Gasteiger partial charge in [0.1, 0.15) is 12.1 Å². The van der Waals surface area contributed by atoms with E-state index in [1.54, 1.807) is 6.20 Å². The van der Waals surface area contributed by atoms with Gasteiger partial charge in [-0.25, -0.2) is 15.0 Å². The van der Waals surface area contributed by atoms with Crippen LogP contribution in [0.1, 0.15) is 30.1 Å². The van der Waals surface area contributed by atoms with Crippen molar-refractivity contribution < 1.29 is 13.2 Å². The Hall–Kier alpha value is -2.18. The number of rotatable bonds is 2. The zero-order valence-corrected chi connectivity index (χ0v) is 11.1. The minimum Gasteiger partial charge on any atom is -0.348 e. The number of pyridine rings is 1. The fourth-order valence-electron chi connectivity index (χ4n) is 2.57. The summed E-state index contributed by atoms with van der Waals surface area (Å²) < 4.78 is 37.7. The van der Waals surface area contributed by atoms with Gasteiger partial charge in [-0.2, -0.15) is 13.2 Å². The van der Waals surface area contributed by atoms with Crippen LogP contribution in [0.5, 0.6) is 0 Å². The van der Waals surface area contributed by atoms with Crippen LogP contribution in [-0.4, -0.2) is 21.5 Å². The Morgan fingerprint density at radius 3 is 2.62 bits per heavy atom. The molecule has 0 amide bonds. The molecule has 4 nitrogen and oxygen atoms in total. The lowest BCUT2D eigenvalue weighted by atomic mass is 10.1. The van der Waals surface area contributed by atoms with Crippen molar-refractivity contribution in [1.82, 2.24) is 15.0 Å². The van der Waals surface area contributed by atoms with Gasteiger partial charge in [-0.1, -0.05) is 0 Å². The highest BCUT2D eigenvalue weighted by Crippen LogP contribution is 2.35. The predicted octanol–water partition coefficient (Wildman–Crippen LogP) is 3.23. The van der Waals surface area contributed by atoms with E-state index in [9.17, 15) is 13.2 Å². The number of halogens is 3. The van der Waals surface area contributed by atoms with Crippen molar-refractivity contribution >= 4 is 5.82 Å². The average Bonchev–Trinajstić information content (AvgIpc) is 2.97. The van der Waals surface area contributed by atoms with E-state index in [2.05, 4.69) is 15.0 Å². The van der Waals surface area contributed by atoms with Crippen molar-refractivity contribution in [2.24, 2.45) is 0 Å². The summed E-state index contributed by atoms with van der Waals surface area (Å²) in [6.07, 6.45) is 1.52. The van der Waals surface area contributed by atoms with E-state index in [1.807, 2.05) is 11.0 Å². The van der Waals surface area contributed by atoms with Crippen LogP contribution in [0.4, 0.5) is 19.0 Å². The van der Waals surface area contributed by atoms with Crippen molar-refractivity contribution in [2.75, 3.05) is 11.4 Å². The molecule has 1 fully saturated rings. The minimum atomic E-state index is -4.36. The lowest BCUT2D eigenvalue weighted by molar-refractivity contribution is -0.137. The van der Waals surface area contributed by atoms with Crippen molar-refractivity contribution in [3.05, 3.63) is 48.2 Å². The smallest absolute Gasteiger partial charge is 0.348 e. The van der Waals surface area contributed by atoms with Crippen LogP contribution in [0.25, 0.3) is 0 Å². The number of hydrogen-bond acceptors (Lipinski definition) is 4. The van der Waals surface area contributed by atoms with Gasteiger partial charge in [-0.15, -0.1) is 0 Å². The molecule has 7 heteroatoms. The molecular formula is C14H13F3N4. The van der Waals surface area contributed by atoms with Gasteiger partial charge in [0.25, 0.3) is 0 Å². The Morgan fingerprint density at radius 1 is 1.14 bits per heavy atom. The van der Waals surface area contributed by atoms with Crippen LogP contribution in [0.15, 0.2) is 36.9 Å². The predicted molar refractivity (Wildman–Crippen MR) is 70.6 cm³/mol. The molecule has 3 heterocycles. The molecule has 0 spiro atoms. The monoisotopic (exact) mass is 294 g/mol. The lowest BCUT2D eigenvalue weighted by Crippen LogP contribution is -2.24. The molecule has 0 radical (unpaired) electrons. The van der Waals surface area contributed by atoms with Crippen molar-refractivity contribution in [2.45, 2.75) is 25.1 Å². The summed E-state index contributed by atoms with van der Waals surface area (Å²) in [5.74, 6) is 0.545. The van der Waals surface area contributed by atoms with Gasteiger partial charge < -0.3 is 4.90 Å². The first kappa shape index (κ1) is 13.8. The maximum Gasteiger partial charge on any atom is 0.417 e. The topological polar surface area (TPSA) is 41.9 Å². The normalized spacial score (nSPS) is 19.0. The molecular weight excluding hydrogens is 281 g/mol. The van der Waals surface area contributed by atoms with E-state index in [4.69, 9.17) is 0 Å². The third kappa shape index (κ3) is 2.81. The molecule has 110 valence electrons. The maximum atomic E-state index is 12.6. The summed E-state index contributed by atoms with van der Waals surface area (Å²) in [6, 6.07) is 4.35. The molecule has 3 rings (SSSR count). The number of aromatic nitrogens is 3. The van der Waals surface area contributed by atoms with Crippen LogP contribution in [0.2, 0.25) is 0 Å². The first-order chi connectivity index (χ1) is 10.1. The van der Waals surface area contributed by atoms with Gasteiger partial charge >= 0.3 is 6.18 Å². The first-order valence-corrected chi connectivity index (χ1v) is 6.61. The zero-order valence-electron chi connectivity index (χ0n) is 11.1. The Bertz CT molecular complexity index is 598. The number of anilines is 1. The Morgan fingerprint density at radius 2 is 2.00 bits per heavy atom. The van der Waals surface area contributed by atoms with E-state index in [-0.39, 0.29) is 6.04 Å². The van der Waals surface area contributed by atoms with E-state index in [0.29, 0.717) is 5.82 Å². The van der Waals surface area contributed by atoms with E-state index < -0.39 is 11.7 Å². The van der Waals surface area contributed by atoms with Crippen LogP contribution < -0.4 is 4.90 Å². The number of nitrogens with zero attached hydrogens (tertiary/aromatic N) is 4.